The fourth-order valence-electron chi connectivity index (χ4n) is 17.1. The van der Waals surface area contributed by atoms with Crippen molar-refractivity contribution >= 4 is 23.7 Å². The number of amides is 1. The van der Waals surface area contributed by atoms with Crippen molar-refractivity contribution in [3.8, 4) is 0 Å². The maximum atomic E-state index is 10.5. The number of likely N-dealkylation sites (tertiary alicyclic amines) is 7. The lowest BCUT2D eigenvalue weighted by Crippen LogP contribution is -2.42. The Morgan fingerprint density at radius 2 is 0.862 bits per heavy atom. The van der Waals surface area contributed by atoms with Crippen LogP contribution in [0.15, 0.2) is 35.3 Å². The van der Waals surface area contributed by atoms with Crippen LogP contribution in [-0.4, -0.2) is 406 Å². The van der Waals surface area contributed by atoms with E-state index in [1.165, 1.54) is 265 Å². The van der Waals surface area contributed by atoms with E-state index in [1.54, 1.807) is 14.0 Å². The smallest absolute Gasteiger partial charge is 0.321 e. The summed E-state index contributed by atoms with van der Waals surface area (Å²) in [6, 6.07) is 13.1. The molecule has 2 saturated carbocycles. The van der Waals surface area contributed by atoms with Crippen LogP contribution in [0.3, 0.4) is 0 Å². The van der Waals surface area contributed by atoms with Gasteiger partial charge in [-0.3, -0.25) is 24.3 Å². The third-order valence-electron chi connectivity index (χ3n) is 27.6. The predicted molar refractivity (Wildman–Crippen MR) is 596 cm³/mol. The predicted octanol–water partition coefficient (Wildman–Crippen LogP) is 15.3. The number of primary amides is 1. The van der Waals surface area contributed by atoms with Crippen molar-refractivity contribution in [2.75, 3.05) is 258 Å². The number of ether oxygens (including phenoxy) is 3. The fourth-order valence-corrected chi connectivity index (χ4v) is 17.1. The molecule has 28 nitrogen and oxygen atoms in total. The lowest BCUT2D eigenvalue weighted by molar-refractivity contribution is -0.141. The number of carboxylic acid groups (broad SMARTS) is 2. The first kappa shape index (κ1) is 141. The molecule has 0 aromatic heterocycles. The molecule has 10 atom stereocenters. The normalized spacial score (nSPS) is 24.5. The second kappa shape index (κ2) is 90.8. The Kier molecular flexibility index (Phi) is 92.5. The minimum atomic E-state index is -1.07. The van der Waals surface area contributed by atoms with E-state index in [4.69, 9.17) is 35.9 Å². The number of carboxylic acids is 2. The molecule has 28 heteroatoms. The Labute approximate surface area is 853 Å². The van der Waals surface area contributed by atoms with Crippen molar-refractivity contribution in [1.82, 2.24) is 86.2 Å². The van der Waals surface area contributed by atoms with Gasteiger partial charge in [0.2, 0.25) is 5.91 Å². The molecule has 10 unspecified atom stereocenters. The van der Waals surface area contributed by atoms with Gasteiger partial charge in [-0.1, -0.05) is 116 Å². The summed E-state index contributed by atoms with van der Waals surface area (Å²) < 4.78 is 15.7. The number of hydrogen-bond donors (Lipinski definition) is 11. The fraction of sp³-hybridized carbons (Fsp3) is 0.909. The lowest BCUT2D eigenvalue weighted by Gasteiger charge is -2.35. The van der Waals surface area contributed by atoms with E-state index in [1.807, 2.05) is 39.3 Å². The number of nitrogens with two attached hydrogens (primary N) is 2. The van der Waals surface area contributed by atoms with Crippen LogP contribution in [0.2, 0.25) is 0 Å². The van der Waals surface area contributed by atoms with Crippen molar-refractivity contribution in [3.05, 3.63) is 35.9 Å². The number of hydrogen-bond acceptors (Lipinski definition) is 24. The molecule has 1 aromatic rings. The number of carbonyl (C=O) groups excluding carboxylic acids is 1. The second-order valence-corrected chi connectivity index (χ2v) is 43.6. The van der Waals surface area contributed by atoms with Crippen molar-refractivity contribution in [1.29, 1.82) is 0 Å². The Morgan fingerprint density at radius 1 is 0.442 bits per heavy atom. The van der Waals surface area contributed by atoms with Crippen LogP contribution in [0.4, 0.5) is 0 Å². The number of morpholine rings is 2. The van der Waals surface area contributed by atoms with Gasteiger partial charge >= 0.3 is 11.9 Å². The van der Waals surface area contributed by atoms with Crippen LogP contribution in [0.25, 0.3) is 0 Å². The molecule has 12 aliphatic rings. The number of carbonyl (C=O) groups is 3. The first-order valence-electron chi connectivity index (χ1n) is 54.6. The Balaban J connectivity index is -0.000000693. The lowest BCUT2D eigenvalue weighted by atomic mass is 9.92. The van der Waals surface area contributed by atoms with Gasteiger partial charge in [-0.05, 0) is 412 Å². The maximum Gasteiger partial charge on any atom is 0.321 e. The van der Waals surface area contributed by atoms with E-state index in [0.29, 0.717) is 42.1 Å². The molecule has 13 rings (SSSR count). The topological polar surface area (TPSA) is 300 Å². The highest BCUT2D eigenvalue weighted by molar-refractivity contribution is 5.83. The zero-order chi connectivity index (χ0) is 105. The van der Waals surface area contributed by atoms with Crippen LogP contribution in [0.5, 0.6) is 0 Å². The molecular weight excluding hydrogens is 1730 g/mol. The molecule has 0 bridgehead atoms. The van der Waals surface area contributed by atoms with Crippen molar-refractivity contribution in [2.24, 2.45) is 40.1 Å². The van der Waals surface area contributed by atoms with E-state index in [9.17, 15) is 14.4 Å². The van der Waals surface area contributed by atoms with Crippen LogP contribution >= 0.6 is 0 Å². The molecule has 12 fully saturated rings. The van der Waals surface area contributed by atoms with Gasteiger partial charge in [0, 0.05) is 113 Å². The minimum absolute atomic E-state index is 0.175. The van der Waals surface area contributed by atoms with E-state index in [0.717, 1.165) is 120 Å². The molecule has 1 aromatic carbocycles. The summed E-state index contributed by atoms with van der Waals surface area (Å²) in [6.07, 6.45) is 39.7. The summed E-state index contributed by atoms with van der Waals surface area (Å²) in [6.45, 7) is 60.3. The van der Waals surface area contributed by atoms with Gasteiger partial charge in [0.15, 0.2) is 0 Å². The molecule has 2 aliphatic carbocycles. The van der Waals surface area contributed by atoms with Gasteiger partial charge in [0.25, 0.3) is 0 Å². The number of amidine groups is 1. The summed E-state index contributed by atoms with van der Waals surface area (Å²) in [7, 11) is 34.9. The van der Waals surface area contributed by atoms with Gasteiger partial charge < -0.3 is 117 Å². The largest absolute Gasteiger partial charge is 0.480 e. The monoisotopic (exact) mass is 1960 g/mol. The van der Waals surface area contributed by atoms with Gasteiger partial charge in [0.1, 0.15) is 12.1 Å². The molecule has 0 radical (unpaired) electrons. The molecule has 1 amide bonds. The maximum absolute atomic E-state index is 10.5. The average Bonchev–Trinajstić information content (AvgIpc) is 0.944. The number of likely N-dealkylation sites (N-methyl/N-ethyl adjacent to an activating group) is 4. The first-order chi connectivity index (χ1) is 65.2. The van der Waals surface area contributed by atoms with Crippen molar-refractivity contribution < 1.29 is 38.8 Å². The van der Waals surface area contributed by atoms with Crippen LogP contribution in [0, 0.1) is 23.7 Å². The van der Waals surface area contributed by atoms with Gasteiger partial charge in [-0.25, -0.2) is 0 Å². The van der Waals surface area contributed by atoms with E-state index < -0.39 is 29.9 Å². The highest BCUT2D eigenvalue weighted by Crippen LogP contribution is 2.23. The van der Waals surface area contributed by atoms with Crippen LogP contribution in [0.1, 0.15) is 309 Å². The standard InChI is InChI=1S/C8H17N3O2.2C8H17N.C8H11N.C7H15NO.4C7H15N.2C6H13N.C6H15N.C5H10N2O3.2C5H11NO.C5H11N.C5H13N/c1-6(9)11-5-3-4-7(10-2)8(12)13;1-7-4-8(2)6-9(3)5-7;1-7-5-4-6-8(2)9(7)3;1-9-7-8-5-3-2-4-6-8;1-6-4-8(3)5-7(2)9-6;1-7-3-5-8(2)6-4-7;1-7-4-3-5-8(2)6-7;1-7-5-3-4-6-8(7)2;1-8-7-5-3-2-4-6-7;1-7-5-3-2-4-6-7;1-7-6-4-2-3-5-6;1-5-6(2,3)7-4;1-7-3(5(9)10)2-4(6)8;1-6-2-4-7-5-3-6;1-6-3-2-4-7-5-6;1-6-4-2-3-5-6;1-5(2,3)6-4/h7,10H,3-5H2,1-2H3,(H2,9,11)(H,12,13);2*7-8H,4-6H2,1-3H3;2-6,9H,7H2,1H3;6-7H,4-5H2,1-3H3;3*7H,3-6H2,1-2H3;7-8H,2-6H2,1H3;2-6H2,1H3;6-7H,2-5H2,1H3;7H,5H2,1-4H3;3,7H,2H2,1H3,(H2,6,8)(H,9,10);2*2-5H2,1H3;2-5H2,1H3;6H,1-4H3. The van der Waals surface area contributed by atoms with Crippen LogP contribution in [-0.2, 0) is 35.1 Å². The summed E-state index contributed by atoms with van der Waals surface area (Å²) in [5, 5.41) is 38.1. The number of nitrogens with one attached hydrogen (secondary N) is 7. The third kappa shape index (κ3) is 91.0. The molecule has 13 N–H and O–H groups in total. The van der Waals surface area contributed by atoms with Crippen LogP contribution < -0.4 is 48.7 Å². The Hall–Kier alpha value is -3.70. The quantitative estimate of drug-likeness (QED) is 0.0416. The zero-order valence-electron chi connectivity index (χ0n) is 96.6. The van der Waals surface area contributed by atoms with E-state index in [2.05, 4.69) is 292 Å². The number of aliphatic imine (C=N–C) groups is 1. The highest BCUT2D eigenvalue weighted by Gasteiger charge is 2.24. The van der Waals surface area contributed by atoms with E-state index >= 15 is 0 Å². The van der Waals surface area contributed by atoms with Crippen molar-refractivity contribution in [3.63, 3.8) is 0 Å². The molecule has 10 aliphatic heterocycles. The molecule has 822 valence electrons. The average molecular weight is 1970 g/mol. The molecule has 0 spiro atoms. The van der Waals surface area contributed by atoms with E-state index in [-0.39, 0.29) is 6.42 Å². The Morgan fingerprint density at radius 3 is 1.14 bits per heavy atom. The number of benzene rings is 1. The molecule has 10 heterocycles. The number of nitrogens with zero attached hydrogens (tertiary/aromatic N) is 11. The summed E-state index contributed by atoms with van der Waals surface area (Å²) >= 11 is 0. The summed E-state index contributed by atoms with van der Waals surface area (Å²) in [5.41, 5.74) is 12.0. The Bertz CT molecular complexity index is 2690. The summed E-state index contributed by atoms with van der Waals surface area (Å²) in [4.78, 5) is 58.5. The molecule has 138 heavy (non-hydrogen) atoms. The second-order valence-electron chi connectivity index (χ2n) is 43.6. The number of rotatable bonds is 16. The van der Waals surface area contributed by atoms with Crippen molar-refractivity contribution in [2.45, 2.75) is 376 Å². The summed E-state index contributed by atoms with van der Waals surface area (Å²) in [5.74, 6) is 1.77. The highest BCUT2D eigenvalue weighted by atomic mass is 16.5. The SMILES string of the molecule is CC1CC(C)CN(C)C1.CC1CCCC(C)N1C.CC1CCCCN1C.CC1CCCN(C)C1.CC1CCN(C)CC1.CC1CN(C)CC(C)O1.CCC(C)(C)NC.CN1CCCC1.CN1CCCCC1.CN1CCCOC1.CN1CCOCC1.CNC(C)(C)C.CNC(CC(N)=O)C(=O)O.CNC(CCCN=C(C)N)C(=O)O.CNC1CCCC1.CNC1CCCCC1.CNCc1ccccc1. The van der Waals surface area contributed by atoms with Gasteiger partial charge in [-0.15, -0.1) is 0 Å². The molecular formula is C110H234N20O8. The minimum Gasteiger partial charge on any atom is -0.480 e. The van der Waals surface area contributed by atoms with Gasteiger partial charge in [-0.2, -0.15) is 0 Å². The third-order valence-corrected chi connectivity index (χ3v) is 27.6. The number of piperidine rings is 6. The molecule has 10 saturated heterocycles. The first-order valence-corrected chi connectivity index (χ1v) is 54.6. The zero-order valence-corrected chi connectivity index (χ0v) is 96.6. The number of aliphatic carboxylic acids is 2. The van der Waals surface area contributed by atoms with Gasteiger partial charge in [0.05, 0.1) is 44.4 Å².